The highest BCUT2D eigenvalue weighted by Gasteiger charge is 2.32. The van der Waals surface area contributed by atoms with Crippen LogP contribution in [0.3, 0.4) is 0 Å². The summed E-state index contributed by atoms with van der Waals surface area (Å²) in [6.45, 7) is 0.732. The third-order valence-electron chi connectivity index (χ3n) is 4.41. The van der Waals surface area contributed by atoms with E-state index in [1.807, 2.05) is 24.3 Å². The van der Waals surface area contributed by atoms with Crippen LogP contribution in [0, 0.1) is 0 Å². The molecule has 2 N–H and O–H groups in total. The monoisotopic (exact) mass is 338 g/mol. The molecule has 1 aliphatic rings. The Balaban J connectivity index is 1.43. The van der Waals surface area contributed by atoms with Gasteiger partial charge < -0.3 is 19.7 Å². The lowest BCUT2D eigenvalue weighted by molar-refractivity contribution is -0.0201. The molecule has 2 atom stereocenters. The van der Waals surface area contributed by atoms with E-state index in [0.29, 0.717) is 18.7 Å². The summed E-state index contributed by atoms with van der Waals surface area (Å²) in [5, 5.41) is 12.5. The molecule has 25 heavy (non-hydrogen) atoms. The minimum absolute atomic E-state index is 0.209. The van der Waals surface area contributed by atoms with E-state index in [-0.39, 0.29) is 24.4 Å². The average Bonchev–Trinajstić information content (AvgIpc) is 3.17. The van der Waals surface area contributed by atoms with Crippen LogP contribution < -0.4 is 4.74 Å². The molecule has 1 saturated heterocycles. The Kier molecular flexibility index (Phi) is 4.07. The summed E-state index contributed by atoms with van der Waals surface area (Å²) in [5.41, 5.74) is 0. The van der Waals surface area contributed by atoms with Crippen LogP contribution >= 0.6 is 0 Å². The van der Waals surface area contributed by atoms with E-state index in [1.54, 1.807) is 23.5 Å². The van der Waals surface area contributed by atoms with Gasteiger partial charge in [0.05, 0.1) is 6.54 Å². The maximum atomic E-state index is 12.3. The number of pyridine rings is 1. The fourth-order valence-electron chi connectivity index (χ4n) is 3.08. The van der Waals surface area contributed by atoms with Crippen LogP contribution in [0.5, 0.6) is 5.75 Å². The number of β-amino-alcohol motifs (C(OH)–C–C–N with tert-alkyl or cyclic N) is 1. The van der Waals surface area contributed by atoms with Gasteiger partial charge in [0.1, 0.15) is 18.0 Å². The number of imidazole rings is 1. The molecule has 7 nitrogen and oxygen atoms in total. The van der Waals surface area contributed by atoms with Crippen molar-refractivity contribution in [2.24, 2.45) is 0 Å². The number of aliphatic hydroxyl groups is 1. The molecule has 0 bridgehead atoms. The van der Waals surface area contributed by atoms with Gasteiger partial charge in [-0.05, 0) is 23.6 Å². The van der Waals surface area contributed by atoms with E-state index >= 15 is 0 Å². The number of piperidine rings is 1. The number of carbonyl (C=O) groups excluding carboxylic acids is 1. The van der Waals surface area contributed by atoms with Gasteiger partial charge in [0.25, 0.3) is 5.91 Å². The van der Waals surface area contributed by atoms with E-state index in [9.17, 15) is 9.90 Å². The molecular formula is C18H18N4O3. The highest BCUT2D eigenvalue weighted by atomic mass is 16.5. The molecule has 0 spiro atoms. The Bertz CT molecular complexity index is 881. The van der Waals surface area contributed by atoms with E-state index in [2.05, 4.69) is 15.0 Å². The van der Waals surface area contributed by atoms with Crippen molar-refractivity contribution >= 4 is 16.7 Å². The molecule has 2 aromatic heterocycles. The van der Waals surface area contributed by atoms with Gasteiger partial charge in [-0.3, -0.25) is 9.78 Å². The number of aromatic amines is 1. The van der Waals surface area contributed by atoms with Gasteiger partial charge in [-0.25, -0.2) is 4.98 Å². The summed E-state index contributed by atoms with van der Waals surface area (Å²) in [5.74, 6) is 0.767. The van der Waals surface area contributed by atoms with Crippen LogP contribution in [0.2, 0.25) is 0 Å². The molecular weight excluding hydrogens is 320 g/mol. The zero-order valence-corrected chi connectivity index (χ0v) is 13.5. The summed E-state index contributed by atoms with van der Waals surface area (Å²) in [7, 11) is 0. The van der Waals surface area contributed by atoms with E-state index in [0.717, 1.165) is 10.8 Å². The van der Waals surface area contributed by atoms with Gasteiger partial charge in [-0.1, -0.05) is 6.07 Å². The summed E-state index contributed by atoms with van der Waals surface area (Å²) in [6, 6.07) is 7.70. The van der Waals surface area contributed by atoms with Crippen molar-refractivity contribution in [3.05, 3.63) is 54.9 Å². The Labute approximate surface area is 144 Å². The van der Waals surface area contributed by atoms with Crippen molar-refractivity contribution in [3.63, 3.8) is 0 Å². The number of nitrogens with zero attached hydrogens (tertiary/aromatic N) is 3. The molecule has 1 aliphatic heterocycles. The second kappa shape index (κ2) is 6.52. The smallest absolute Gasteiger partial charge is 0.289 e. The van der Waals surface area contributed by atoms with Crippen molar-refractivity contribution in [1.82, 2.24) is 19.9 Å². The fourth-order valence-corrected chi connectivity index (χ4v) is 3.08. The first-order valence-electron chi connectivity index (χ1n) is 8.18. The second-order valence-corrected chi connectivity index (χ2v) is 6.09. The molecule has 1 fully saturated rings. The zero-order valence-electron chi connectivity index (χ0n) is 13.5. The van der Waals surface area contributed by atoms with E-state index < -0.39 is 6.10 Å². The number of benzene rings is 1. The molecule has 1 amide bonds. The Hall–Kier alpha value is -2.93. The highest BCUT2D eigenvalue weighted by molar-refractivity contribution is 5.90. The van der Waals surface area contributed by atoms with Crippen LogP contribution in [0.4, 0.5) is 0 Å². The number of hydrogen-bond acceptors (Lipinski definition) is 5. The summed E-state index contributed by atoms with van der Waals surface area (Å²) in [6.07, 6.45) is 6.12. The number of H-pyrrole nitrogens is 1. The Morgan fingerprint density at radius 2 is 2.20 bits per heavy atom. The topological polar surface area (TPSA) is 91.3 Å². The predicted molar refractivity (Wildman–Crippen MR) is 91.3 cm³/mol. The molecule has 0 aliphatic carbocycles. The number of aromatic nitrogens is 3. The molecule has 4 rings (SSSR count). The molecule has 1 aromatic carbocycles. The number of likely N-dealkylation sites (tertiary alicyclic amines) is 1. The normalized spacial score (nSPS) is 20.6. The summed E-state index contributed by atoms with van der Waals surface area (Å²) >= 11 is 0. The fraction of sp³-hybridized carbons (Fsp3) is 0.278. The number of fused-ring (bicyclic) bond motifs is 1. The minimum Gasteiger partial charge on any atom is -0.488 e. The van der Waals surface area contributed by atoms with Gasteiger partial charge in [0.2, 0.25) is 0 Å². The van der Waals surface area contributed by atoms with Crippen molar-refractivity contribution < 1.29 is 14.6 Å². The van der Waals surface area contributed by atoms with E-state index in [4.69, 9.17) is 4.74 Å². The van der Waals surface area contributed by atoms with Crippen molar-refractivity contribution in [1.29, 1.82) is 0 Å². The molecule has 3 heterocycles. The SMILES string of the molecule is O=C(c1ncc[nH]1)N1CC[C@@H](Oc2ccc3ccncc3c2)[C@H](O)C1. The first-order valence-corrected chi connectivity index (χ1v) is 8.18. The molecule has 7 heteroatoms. The van der Waals surface area contributed by atoms with Crippen molar-refractivity contribution in [2.45, 2.75) is 18.6 Å². The van der Waals surface area contributed by atoms with Gasteiger partial charge in [0.15, 0.2) is 5.82 Å². The predicted octanol–water partition coefficient (Wildman–Crippen LogP) is 1.61. The summed E-state index contributed by atoms with van der Waals surface area (Å²) in [4.78, 5) is 24.8. The first kappa shape index (κ1) is 15.6. The number of amides is 1. The Morgan fingerprint density at radius 3 is 3.00 bits per heavy atom. The molecule has 128 valence electrons. The van der Waals surface area contributed by atoms with Gasteiger partial charge in [-0.15, -0.1) is 0 Å². The Morgan fingerprint density at radius 1 is 1.28 bits per heavy atom. The largest absolute Gasteiger partial charge is 0.488 e. The lowest BCUT2D eigenvalue weighted by atomic mass is 10.0. The number of rotatable bonds is 3. The number of ether oxygens (including phenoxy) is 1. The van der Waals surface area contributed by atoms with Crippen molar-refractivity contribution in [2.75, 3.05) is 13.1 Å². The lowest BCUT2D eigenvalue weighted by Gasteiger charge is -2.35. The molecule has 0 saturated carbocycles. The van der Waals surface area contributed by atoms with Crippen LogP contribution in [0.1, 0.15) is 17.0 Å². The molecule has 3 aromatic rings. The maximum absolute atomic E-state index is 12.3. The quantitative estimate of drug-likeness (QED) is 0.757. The zero-order chi connectivity index (χ0) is 17.2. The number of hydrogen-bond donors (Lipinski definition) is 2. The van der Waals surface area contributed by atoms with Crippen LogP contribution in [0.15, 0.2) is 49.1 Å². The van der Waals surface area contributed by atoms with Crippen LogP contribution in [0.25, 0.3) is 10.8 Å². The number of nitrogens with one attached hydrogen (secondary N) is 1. The molecule has 0 radical (unpaired) electrons. The third kappa shape index (κ3) is 3.18. The molecule has 0 unspecified atom stereocenters. The van der Waals surface area contributed by atoms with Crippen LogP contribution in [-0.2, 0) is 0 Å². The van der Waals surface area contributed by atoms with Gasteiger partial charge in [-0.2, -0.15) is 0 Å². The maximum Gasteiger partial charge on any atom is 0.289 e. The van der Waals surface area contributed by atoms with Gasteiger partial charge in [0, 0.05) is 43.1 Å². The van der Waals surface area contributed by atoms with Crippen molar-refractivity contribution in [3.8, 4) is 5.75 Å². The number of aliphatic hydroxyl groups excluding tert-OH is 1. The van der Waals surface area contributed by atoms with Gasteiger partial charge >= 0.3 is 0 Å². The average molecular weight is 338 g/mol. The third-order valence-corrected chi connectivity index (χ3v) is 4.41. The standard InChI is InChI=1S/C18H18N4O3/c23-15-11-22(18(24)17-20-6-7-21-17)8-4-16(15)25-14-2-1-12-3-5-19-10-13(12)9-14/h1-3,5-7,9-10,15-16,23H,4,8,11H2,(H,20,21)/t15-,16-/m1/s1. The van der Waals surface area contributed by atoms with Crippen LogP contribution in [-0.4, -0.2) is 56.2 Å². The second-order valence-electron chi connectivity index (χ2n) is 6.09. The minimum atomic E-state index is -0.753. The first-order chi connectivity index (χ1) is 12.2. The lowest BCUT2D eigenvalue weighted by Crippen LogP contribution is -2.51. The highest BCUT2D eigenvalue weighted by Crippen LogP contribution is 2.24. The number of carbonyl (C=O) groups is 1. The summed E-state index contributed by atoms with van der Waals surface area (Å²) < 4.78 is 5.96. The van der Waals surface area contributed by atoms with E-state index in [1.165, 1.54) is 6.20 Å².